The number of carbonyl (C=O) groups is 1. The Morgan fingerprint density at radius 2 is 2.00 bits per heavy atom. The standard InChI is InChI=1S/C10H22N2O2/c1-10(2,14-5)8-11-7-6-9(13)12(3)4/h11H,6-8H2,1-5H3. The second-order valence-corrected chi connectivity index (χ2v) is 4.18. The first kappa shape index (κ1) is 13.4. The Balaban J connectivity index is 3.52. The van der Waals surface area contributed by atoms with Crippen molar-refractivity contribution in [3.63, 3.8) is 0 Å². The quantitative estimate of drug-likeness (QED) is 0.637. The maximum atomic E-state index is 11.2. The van der Waals surface area contributed by atoms with E-state index in [2.05, 4.69) is 5.32 Å². The van der Waals surface area contributed by atoms with Crippen molar-refractivity contribution in [1.82, 2.24) is 10.2 Å². The summed E-state index contributed by atoms with van der Waals surface area (Å²) < 4.78 is 5.23. The fourth-order valence-corrected chi connectivity index (χ4v) is 0.881. The number of ether oxygens (including phenoxy) is 1. The van der Waals surface area contributed by atoms with Crippen LogP contribution in [0.1, 0.15) is 20.3 Å². The van der Waals surface area contributed by atoms with E-state index in [1.165, 1.54) is 0 Å². The van der Waals surface area contributed by atoms with Crippen molar-refractivity contribution in [1.29, 1.82) is 0 Å². The number of nitrogens with zero attached hydrogens (tertiary/aromatic N) is 1. The molecule has 0 atom stereocenters. The third-order valence-corrected chi connectivity index (χ3v) is 2.12. The van der Waals surface area contributed by atoms with Gasteiger partial charge in [-0.15, -0.1) is 0 Å². The summed E-state index contributed by atoms with van der Waals surface area (Å²) >= 11 is 0. The van der Waals surface area contributed by atoms with Crippen molar-refractivity contribution in [2.24, 2.45) is 0 Å². The topological polar surface area (TPSA) is 41.6 Å². The van der Waals surface area contributed by atoms with Gasteiger partial charge in [0.25, 0.3) is 0 Å². The van der Waals surface area contributed by atoms with E-state index >= 15 is 0 Å². The normalized spacial score (nSPS) is 11.5. The number of hydrogen-bond donors (Lipinski definition) is 1. The third-order valence-electron chi connectivity index (χ3n) is 2.12. The molecule has 0 aliphatic carbocycles. The second kappa shape index (κ2) is 5.98. The molecule has 0 unspecified atom stereocenters. The Morgan fingerprint density at radius 1 is 1.43 bits per heavy atom. The first-order chi connectivity index (χ1) is 6.39. The highest BCUT2D eigenvalue weighted by Gasteiger charge is 2.15. The van der Waals surface area contributed by atoms with Crippen LogP contribution in [0.3, 0.4) is 0 Å². The number of nitrogens with one attached hydrogen (secondary N) is 1. The Morgan fingerprint density at radius 3 is 2.43 bits per heavy atom. The minimum Gasteiger partial charge on any atom is -0.377 e. The van der Waals surface area contributed by atoms with Crippen molar-refractivity contribution >= 4 is 5.91 Å². The summed E-state index contributed by atoms with van der Waals surface area (Å²) in [6.45, 7) is 5.47. The van der Waals surface area contributed by atoms with Crippen LogP contribution in [0.2, 0.25) is 0 Å². The Labute approximate surface area is 86.6 Å². The number of rotatable bonds is 6. The molecule has 0 radical (unpaired) electrons. The van der Waals surface area contributed by atoms with Crippen LogP contribution in [0.5, 0.6) is 0 Å². The summed E-state index contributed by atoms with van der Waals surface area (Å²) in [4.78, 5) is 12.8. The summed E-state index contributed by atoms with van der Waals surface area (Å²) in [5, 5.41) is 3.19. The van der Waals surface area contributed by atoms with Crippen LogP contribution in [0.4, 0.5) is 0 Å². The summed E-state index contributed by atoms with van der Waals surface area (Å²) in [5.74, 6) is 0.146. The van der Waals surface area contributed by atoms with Gasteiger partial charge in [0.1, 0.15) is 0 Å². The summed E-state index contributed by atoms with van der Waals surface area (Å²) in [6, 6.07) is 0. The van der Waals surface area contributed by atoms with Crippen LogP contribution in [-0.2, 0) is 9.53 Å². The molecule has 4 nitrogen and oxygen atoms in total. The van der Waals surface area contributed by atoms with Gasteiger partial charge < -0.3 is 15.0 Å². The average Bonchev–Trinajstić information content (AvgIpc) is 2.12. The Bertz CT molecular complexity index is 179. The predicted octanol–water partition coefficient (Wildman–Crippen LogP) is 0.479. The lowest BCUT2D eigenvalue weighted by Gasteiger charge is -2.23. The molecule has 0 aliphatic rings. The van der Waals surface area contributed by atoms with Gasteiger partial charge >= 0.3 is 0 Å². The van der Waals surface area contributed by atoms with Gasteiger partial charge in [0, 0.05) is 40.7 Å². The summed E-state index contributed by atoms with van der Waals surface area (Å²) in [7, 11) is 5.22. The fraction of sp³-hybridized carbons (Fsp3) is 0.900. The largest absolute Gasteiger partial charge is 0.377 e. The molecule has 84 valence electrons. The van der Waals surface area contributed by atoms with Crippen molar-refractivity contribution in [2.45, 2.75) is 25.9 Å². The van der Waals surface area contributed by atoms with Crippen molar-refractivity contribution in [2.75, 3.05) is 34.3 Å². The molecular weight excluding hydrogens is 180 g/mol. The van der Waals surface area contributed by atoms with Crippen LogP contribution in [-0.4, -0.2) is 50.7 Å². The monoisotopic (exact) mass is 202 g/mol. The van der Waals surface area contributed by atoms with E-state index < -0.39 is 0 Å². The van der Waals surface area contributed by atoms with Crippen LogP contribution in [0, 0.1) is 0 Å². The van der Waals surface area contributed by atoms with Gasteiger partial charge in [0.15, 0.2) is 0 Å². The maximum Gasteiger partial charge on any atom is 0.223 e. The summed E-state index contributed by atoms with van der Waals surface area (Å²) in [5.41, 5.74) is -0.166. The molecule has 0 bridgehead atoms. The Kier molecular flexibility index (Phi) is 5.72. The lowest BCUT2D eigenvalue weighted by atomic mass is 10.1. The molecule has 0 aromatic heterocycles. The first-order valence-corrected chi connectivity index (χ1v) is 4.85. The van der Waals surface area contributed by atoms with Gasteiger partial charge in [0.2, 0.25) is 5.91 Å². The molecule has 0 aromatic rings. The minimum absolute atomic E-state index is 0.146. The van der Waals surface area contributed by atoms with E-state index in [-0.39, 0.29) is 11.5 Å². The fourth-order valence-electron chi connectivity index (χ4n) is 0.881. The average molecular weight is 202 g/mol. The molecule has 4 heteroatoms. The molecular formula is C10H22N2O2. The molecule has 1 N–H and O–H groups in total. The minimum atomic E-state index is -0.166. The van der Waals surface area contributed by atoms with Gasteiger partial charge in [-0.25, -0.2) is 0 Å². The van der Waals surface area contributed by atoms with Crippen LogP contribution in [0.25, 0.3) is 0 Å². The van der Waals surface area contributed by atoms with Crippen LogP contribution >= 0.6 is 0 Å². The molecule has 0 fully saturated rings. The number of methoxy groups -OCH3 is 1. The van der Waals surface area contributed by atoms with Gasteiger partial charge in [-0.2, -0.15) is 0 Å². The van der Waals surface area contributed by atoms with Crippen LogP contribution in [0.15, 0.2) is 0 Å². The SMILES string of the molecule is COC(C)(C)CNCCC(=O)N(C)C. The highest BCUT2D eigenvalue weighted by molar-refractivity contribution is 5.75. The van der Waals surface area contributed by atoms with Crippen molar-refractivity contribution in [3.8, 4) is 0 Å². The van der Waals surface area contributed by atoms with E-state index in [1.807, 2.05) is 13.8 Å². The smallest absolute Gasteiger partial charge is 0.223 e. The molecule has 0 aromatic carbocycles. The van der Waals surface area contributed by atoms with Gasteiger partial charge in [-0.3, -0.25) is 4.79 Å². The van der Waals surface area contributed by atoms with E-state index in [0.717, 1.165) is 6.54 Å². The first-order valence-electron chi connectivity index (χ1n) is 4.85. The molecule has 0 spiro atoms. The highest BCUT2D eigenvalue weighted by atomic mass is 16.5. The van der Waals surface area contributed by atoms with Crippen molar-refractivity contribution < 1.29 is 9.53 Å². The summed E-state index contributed by atoms with van der Waals surface area (Å²) in [6.07, 6.45) is 0.535. The number of carbonyl (C=O) groups excluding carboxylic acids is 1. The highest BCUT2D eigenvalue weighted by Crippen LogP contribution is 2.04. The van der Waals surface area contributed by atoms with E-state index in [4.69, 9.17) is 4.74 Å². The van der Waals surface area contributed by atoms with E-state index in [1.54, 1.807) is 26.1 Å². The molecule has 0 saturated heterocycles. The van der Waals surface area contributed by atoms with E-state index in [0.29, 0.717) is 13.0 Å². The van der Waals surface area contributed by atoms with Crippen LogP contribution < -0.4 is 5.32 Å². The predicted molar refractivity (Wildman–Crippen MR) is 57.3 cm³/mol. The van der Waals surface area contributed by atoms with Gasteiger partial charge in [-0.1, -0.05) is 0 Å². The molecule has 0 heterocycles. The van der Waals surface area contributed by atoms with Crippen molar-refractivity contribution in [3.05, 3.63) is 0 Å². The number of amides is 1. The molecule has 0 saturated carbocycles. The molecule has 14 heavy (non-hydrogen) atoms. The lowest BCUT2D eigenvalue weighted by molar-refractivity contribution is -0.128. The third kappa shape index (κ3) is 5.94. The molecule has 0 aliphatic heterocycles. The molecule has 1 amide bonds. The Hall–Kier alpha value is -0.610. The zero-order chi connectivity index (χ0) is 11.2. The molecule has 0 rings (SSSR count). The zero-order valence-electron chi connectivity index (χ0n) is 9.89. The number of hydrogen-bond acceptors (Lipinski definition) is 3. The van der Waals surface area contributed by atoms with E-state index in [9.17, 15) is 4.79 Å². The maximum absolute atomic E-state index is 11.2. The lowest BCUT2D eigenvalue weighted by Crippen LogP contribution is -2.38. The second-order valence-electron chi connectivity index (χ2n) is 4.18. The van der Waals surface area contributed by atoms with Gasteiger partial charge in [0.05, 0.1) is 5.60 Å². The van der Waals surface area contributed by atoms with Gasteiger partial charge in [-0.05, 0) is 13.8 Å². The zero-order valence-corrected chi connectivity index (χ0v) is 9.89.